The molecule has 0 rings (SSSR count). The van der Waals surface area contributed by atoms with Crippen molar-refractivity contribution in [3.05, 3.63) is 0 Å². The second-order valence-corrected chi connectivity index (χ2v) is 0.408. The van der Waals surface area contributed by atoms with Crippen LogP contribution in [0.15, 0.2) is 0 Å². The minimum atomic E-state index is 0. The molecule has 0 unspecified atom stereocenters. The van der Waals surface area contributed by atoms with Gasteiger partial charge in [0.2, 0.25) is 0 Å². The first kappa shape index (κ1) is 8.89. The van der Waals surface area contributed by atoms with Crippen molar-refractivity contribution in [2.45, 2.75) is 0 Å². The summed E-state index contributed by atoms with van der Waals surface area (Å²) in [4.78, 5) is 0. The Labute approximate surface area is 50.1 Å². The molecule has 4 heavy (non-hydrogen) atoms. The van der Waals surface area contributed by atoms with Crippen LogP contribution in [0, 0.1) is 31.1 Å². The quantitative estimate of drug-likeness (QED) is 0.620. The van der Waals surface area contributed by atoms with E-state index < -0.39 is 0 Å². The van der Waals surface area contributed by atoms with Crippen molar-refractivity contribution >= 4 is 0 Å². The fourth-order valence-corrected chi connectivity index (χ4v) is 0. The second-order valence-electron chi connectivity index (χ2n) is 0.408. The summed E-state index contributed by atoms with van der Waals surface area (Å²) in [5, 5.41) is 0. The summed E-state index contributed by atoms with van der Waals surface area (Å²) in [5.41, 5.74) is 0. The van der Waals surface area contributed by atoms with Crippen molar-refractivity contribution in [2.24, 2.45) is 0 Å². The topological polar surface area (TPSA) is 9.23 Å². The monoisotopic (exact) mass is 284 g/mol. The largest absolute Gasteiger partial charge is 0.388 e. The Bertz CT molecular complexity index is 6.00. The Morgan fingerprint density at radius 1 is 1.25 bits per heavy atom. The number of methoxy groups -OCH3 is 1. The summed E-state index contributed by atoms with van der Waals surface area (Å²) >= 11 is 0. The third kappa shape index (κ3) is 11.9. The summed E-state index contributed by atoms with van der Waals surface area (Å²) in [6, 6.07) is 0. The Kier molecular flexibility index (Phi) is 20.0. The molecule has 0 aliphatic rings. The van der Waals surface area contributed by atoms with Crippen LogP contribution in [0.1, 0.15) is 0 Å². The van der Waals surface area contributed by atoms with Crippen LogP contribution in [0.4, 0.5) is 0 Å². The third-order valence-corrected chi connectivity index (χ3v) is 0. The second kappa shape index (κ2) is 8.99. The van der Waals surface area contributed by atoms with E-state index in [4.69, 9.17) is 0 Å². The van der Waals surface area contributed by atoms with Crippen LogP contribution in [-0.4, -0.2) is 14.2 Å². The Morgan fingerprint density at radius 2 is 1.25 bits per heavy atom. The molecule has 2 heteroatoms. The molecule has 0 aromatic carbocycles. The zero-order chi connectivity index (χ0) is 2.71. The molecular formula is C2H6OU. The van der Waals surface area contributed by atoms with E-state index in [1.165, 1.54) is 0 Å². The van der Waals surface area contributed by atoms with Crippen LogP contribution in [-0.2, 0) is 4.74 Å². The maximum Gasteiger partial charge on any atom is 0.0351 e. The average molecular weight is 284 g/mol. The normalized spacial score (nSPS) is 4.50. The predicted molar refractivity (Wildman–Crippen MR) is 12.9 cm³/mol. The van der Waals surface area contributed by atoms with Crippen molar-refractivity contribution in [1.82, 2.24) is 0 Å². The standard InChI is InChI=1S/C2H6O.U/c1-3-2;/h1-2H3;. The minimum Gasteiger partial charge on any atom is -0.388 e. The van der Waals surface area contributed by atoms with Gasteiger partial charge in [-0.2, -0.15) is 0 Å². The summed E-state index contributed by atoms with van der Waals surface area (Å²) in [7, 11) is 3.25. The van der Waals surface area contributed by atoms with Crippen LogP contribution in [0.3, 0.4) is 0 Å². The Hall–Kier alpha value is 1.01. The zero-order valence-corrected chi connectivity index (χ0v) is 7.07. The van der Waals surface area contributed by atoms with Gasteiger partial charge in [0.15, 0.2) is 0 Å². The molecule has 0 heterocycles. The first-order valence-electron chi connectivity index (χ1n) is 0.816. The van der Waals surface area contributed by atoms with E-state index in [1.54, 1.807) is 14.2 Å². The summed E-state index contributed by atoms with van der Waals surface area (Å²) in [6.45, 7) is 0. The van der Waals surface area contributed by atoms with Crippen LogP contribution < -0.4 is 0 Å². The molecule has 0 aromatic rings. The van der Waals surface area contributed by atoms with Gasteiger partial charge in [0, 0.05) is 45.3 Å². The van der Waals surface area contributed by atoms with E-state index in [2.05, 4.69) is 4.74 Å². The van der Waals surface area contributed by atoms with Crippen molar-refractivity contribution < 1.29 is 35.9 Å². The molecule has 1 nitrogen and oxygen atoms in total. The smallest absolute Gasteiger partial charge is 0.0351 e. The van der Waals surface area contributed by atoms with Crippen molar-refractivity contribution in [3.63, 3.8) is 0 Å². The average Bonchev–Trinajstić information content (AvgIpc) is 0.918. The Balaban J connectivity index is 0. The van der Waals surface area contributed by atoms with E-state index in [9.17, 15) is 0 Å². The SMILES string of the molecule is COC.[U]. The Morgan fingerprint density at radius 3 is 1.25 bits per heavy atom. The minimum absolute atomic E-state index is 0. The van der Waals surface area contributed by atoms with Crippen LogP contribution >= 0.6 is 0 Å². The van der Waals surface area contributed by atoms with E-state index in [0.717, 1.165) is 0 Å². The van der Waals surface area contributed by atoms with E-state index in [1.807, 2.05) is 0 Å². The maximum absolute atomic E-state index is 4.25. The van der Waals surface area contributed by atoms with Gasteiger partial charge in [-0.05, 0) is 0 Å². The molecule has 0 spiro atoms. The number of hydrogen-bond acceptors (Lipinski definition) is 1. The van der Waals surface area contributed by atoms with E-state index in [-0.39, 0.29) is 31.1 Å². The van der Waals surface area contributed by atoms with Crippen molar-refractivity contribution in [3.8, 4) is 0 Å². The molecule has 24 valence electrons. The summed E-state index contributed by atoms with van der Waals surface area (Å²) < 4.78 is 4.25. The summed E-state index contributed by atoms with van der Waals surface area (Å²) in [5.74, 6) is 0. The van der Waals surface area contributed by atoms with Gasteiger partial charge in [0.1, 0.15) is 0 Å². The van der Waals surface area contributed by atoms with Gasteiger partial charge in [-0.1, -0.05) is 0 Å². The molecule has 0 bridgehead atoms. The van der Waals surface area contributed by atoms with Crippen LogP contribution in [0.2, 0.25) is 0 Å². The molecule has 0 aliphatic heterocycles. The van der Waals surface area contributed by atoms with E-state index >= 15 is 0 Å². The molecule has 0 N–H and O–H groups in total. The molecule has 0 aromatic heterocycles. The van der Waals surface area contributed by atoms with Gasteiger partial charge in [-0.25, -0.2) is 0 Å². The molecule has 0 amide bonds. The molecule has 0 atom stereocenters. The van der Waals surface area contributed by atoms with Gasteiger partial charge in [-0.3, -0.25) is 0 Å². The fraction of sp³-hybridized carbons (Fsp3) is 1.00. The van der Waals surface area contributed by atoms with Crippen molar-refractivity contribution in [2.75, 3.05) is 14.2 Å². The molecule has 0 saturated carbocycles. The number of ether oxygens (including phenoxy) is 1. The van der Waals surface area contributed by atoms with E-state index in [0.29, 0.717) is 0 Å². The fourth-order valence-electron chi connectivity index (χ4n) is 0. The summed E-state index contributed by atoms with van der Waals surface area (Å²) in [6.07, 6.45) is 0. The zero-order valence-electron chi connectivity index (χ0n) is 2.91. The first-order chi connectivity index (χ1) is 1.41. The predicted octanol–water partition coefficient (Wildman–Crippen LogP) is 0.263. The number of rotatable bonds is 0. The maximum atomic E-state index is 4.25. The number of hydrogen-bond donors (Lipinski definition) is 0. The molecule has 0 saturated heterocycles. The van der Waals surface area contributed by atoms with Gasteiger partial charge >= 0.3 is 0 Å². The van der Waals surface area contributed by atoms with Crippen LogP contribution in [0.5, 0.6) is 0 Å². The van der Waals surface area contributed by atoms with Crippen molar-refractivity contribution in [1.29, 1.82) is 0 Å². The van der Waals surface area contributed by atoms with Crippen LogP contribution in [0.25, 0.3) is 0 Å². The molecule has 0 aliphatic carbocycles. The third-order valence-electron chi connectivity index (χ3n) is 0. The van der Waals surface area contributed by atoms with Gasteiger partial charge in [0.25, 0.3) is 0 Å². The molecular weight excluding hydrogens is 278 g/mol. The first-order valence-corrected chi connectivity index (χ1v) is 0.816. The van der Waals surface area contributed by atoms with Gasteiger partial charge in [-0.15, -0.1) is 0 Å². The van der Waals surface area contributed by atoms with Gasteiger partial charge < -0.3 is 4.74 Å². The molecule has 0 radical (unpaired) electrons. The van der Waals surface area contributed by atoms with Gasteiger partial charge in [0.05, 0.1) is 0 Å². The molecule has 0 fully saturated rings.